The first-order valence-corrected chi connectivity index (χ1v) is 5.97. The molecule has 0 radical (unpaired) electrons. The van der Waals surface area contributed by atoms with Gasteiger partial charge in [-0.15, -0.1) is 0 Å². The molecule has 0 aliphatic heterocycles. The molecule has 0 heterocycles. The summed E-state index contributed by atoms with van der Waals surface area (Å²) in [7, 11) is 1.92. The Labute approximate surface area is 112 Å². The quantitative estimate of drug-likeness (QED) is 0.653. The molecule has 0 aliphatic rings. The first-order chi connectivity index (χ1) is 9.08. The maximum atomic E-state index is 12.9. The molecular formula is C15H16FN3. The van der Waals surface area contributed by atoms with Gasteiger partial charge in [0, 0.05) is 24.8 Å². The number of amidine groups is 1. The van der Waals surface area contributed by atoms with Crippen molar-refractivity contribution in [1.82, 2.24) is 0 Å². The average Bonchev–Trinajstić information content (AvgIpc) is 2.41. The van der Waals surface area contributed by atoms with Crippen molar-refractivity contribution in [2.45, 2.75) is 6.54 Å². The van der Waals surface area contributed by atoms with Crippen LogP contribution in [0.5, 0.6) is 0 Å². The number of nitrogens with two attached hydrogens (primary N) is 1. The molecule has 0 aromatic heterocycles. The van der Waals surface area contributed by atoms with Crippen LogP contribution in [-0.2, 0) is 6.54 Å². The van der Waals surface area contributed by atoms with Gasteiger partial charge in [0.05, 0.1) is 0 Å². The second-order valence-electron chi connectivity index (χ2n) is 4.41. The largest absolute Gasteiger partial charge is 0.384 e. The molecule has 2 rings (SSSR count). The average molecular weight is 257 g/mol. The highest BCUT2D eigenvalue weighted by atomic mass is 19.1. The molecule has 2 aromatic rings. The minimum Gasteiger partial charge on any atom is -0.384 e. The zero-order chi connectivity index (χ0) is 13.8. The van der Waals surface area contributed by atoms with Gasteiger partial charge in [0.25, 0.3) is 0 Å². The molecule has 0 unspecified atom stereocenters. The summed E-state index contributed by atoms with van der Waals surface area (Å²) in [4.78, 5) is 1.99. The van der Waals surface area contributed by atoms with Crippen molar-refractivity contribution in [1.29, 1.82) is 5.41 Å². The highest BCUT2D eigenvalue weighted by Crippen LogP contribution is 2.20. The van der Waals surface area contributed by atoms with Crippen molar-refractivity contribution >= 4 is 11.5 Å². The highest BCUT2D eigenvalue weighted by molar-refractivity contribution is 6.00. The fourth-order valence-corrected chi connectivity index (χ4v) is 1.98. The Hall–Kier alpha value is -2.36. The van der Waals surface area contributed by atoms with E-state index in [0.717, 1.165) is 11.3 Å². The third-order valence-corrected chi connectivity index (χ3v) is 2.94. The van der Waals surface area contributed by atoms with E-state index in [9.17, 15) is 4.39 Å². The lowest BCUT2D eigenvalue weighted by Gasteiger charge is -2.22. The van der Waals surface area contributed by atoms with Crippen molar-refractivity contribution < 1.29 is 4.39 Å². The molecule has 3 N–H and O–H groups in total. The van der Waals surface area contributed by atoms with Crippen molar-refractivity contribution in [3.63, 3.8) is 0 Å². The number of benzene rings is 2. The lowest BCUT2D eigenvalue weighted by atomic mass is 10.1. The fraction of sp³-hybridized carbons (Fsp3) is 0.133. The first kappa shape index (κ1) is 13.1. The smallest absolute Gasteiger partial charge is 0.124 e. The van der Waals surface area contributed by atoms with Crippen molar-refractivity contribution in [2.75, 3.05) is 11.9 Å². The number of nitrogen functional groups attached to an aromatic ring is 1. The van der Waals surface area contributed by atoms with Crippen LogP contribution in [0.2, 0.25) is 0 Å². The SMILES string of the molecule is CN(Cc1ccc(F)cc1)c1ccccc1C(=N)N. The zero-order valence-electron chi connectivity index (χ0n) is 10.7. The second-order valence-corrected chi connectivity index (χ2v) is 4.41. The van der Waals surface area contributed by atoms with Gasteiger partial charge in [0.15, 0.2) is 0 Å². The van der Waals surface area contributed by atoms with Crippen molar-refractivity contribution in [3.05, 3.63) is 65.5 Å². The van der Waals surface area contributed by atoms with Crippen LogP contribution in [0.4, 0.5) is 10.1 Å². The Morgan fingerprint density at radius 2 is 1.79 bits per heavy atom. The molecule has 0 bridgehead atoms. The molecule has 0 saturated heterocycles. The van der Waals surface area contributed by atoms with E-state index in [2.05, 4.69) is 0 Å². The number of hydrogen-bond donors (Lipinski definition) is 2. The second kappa shape index (κ2) is 5.52. The summed E-state index contributed by atoms with van der Waals surface area (Å²) in [5.41, 5.74) is 8.16. The van der Waals surface area contributed by atoms with E-state index in [0.29, 0.717) is 12.1 Å². The first-order valence-electron chi connectivity index (χ1n) is 5.97. The fourth-order valence-electron chi connectivity index (χ4n) is 1.98. The van der Waals surface area contributed by atoms with Crippen LogP contribution in [0.1, 0.15) is 11.1 Å². The lowest BCUT2D eigenvalue weighted by Crippen LogP contribution is -2.21. The van der Waals surface area contributed by atoms with Crippen LogP contribution in [0.3, 0.4) is 0 Å². The van der Waals surface area contributed by atoms with E-state index in [1.165, 1.54) is 12.1 Å². The summed E-state index contributed by atoms with van der Waals surface area (Å²) in [6.07, 6.45) is 0. The molecule has 2 aromatic carbocycles. The normalized spacial score (nSPS) is 10.2. The van der Waals surface area contributed by atoms with Crippen LogP contribution in [-0.4, -0.2) is 12.9 Å². The van der Waals surface area contributed by atoms with Gasteiger partial charge in [-0.2, -0.15) is 0 Å². The molecule has 0 fully saturated rings. The summed E-state index contributed by atoms with van der Waals surface area (Å²) >= 11 is 0. The monoisotopic (exact) mass is 257 g/mol. The van der Waals surface area contributed by atoms with Gasteiger partial charge in [-0.05, 0) is 29.8 Å². The predicted octanol–water partition coefficient (Wildman–Crippen LogP) is 2.75. The maximum absolute atomic E-state index is 12.9. The summed E-state index contributed by atoms with van der Waals surface area (Å²) in [5.74, 6) is -0.197. The van der Waals surface area contributed by atoms with E-state index in [1.54, 1.807) is 12.1 Å². The lowest BCUT2D eigenvalue weighted by molar-refractivity contribution is 0.627. The predicted molar refractivity (Wildman–Crippen MR) is 76.0 cm³/mol. The molecule has 0 atom stereocenters. The molecule has 4 heteroatoms. The van der Waals surface area contributed by atoms with Gasteiger partial charge in [0.1, 0.15) is 11.7 Å². The van der Waals surface area contributed by atoms with E-state index < -0.39 is 0 Å². The Balaban J connectivity index is 2.22. The molecule has 0 spiro atoms. The molecule has 0 saturated carbocycles. The van der Waals surface area contributed by atoms with Gasteiger partial charge >= 0.3 is 0 Å². The van der Waals surface area contributed by atoms with Crippen LogP contribution in [0.25, 0.3) is 0 Å². The molecular weight excluding hydrogens is 241 g/mol. The number of nitrogens with zero attached hydrogens (tertiary/aromatic N) is 1. The number of para-hydroxylation sites is 1. The van der Waals surface area contributed by atoms with Gasteiger partial charge in [-0.25, -0.2) is 4.39 Å². The highest BCUT2D eigenvalue weighted by Gasteiger charge is 2.09. The molecule has 0 aliphatic carbocycles. The summed E-state index contributed by atoms with van der Waals surface area (Å²) in [5, 5.41) is 7.58. The summed E-state index contributed by atoms with van der Waals surface area (Å²) < 4.78 is 12.9. The van der Waals surface area contributed by atoms with E-state index >= 15 is 0 Å². The van der Waals surface area contributed by atoms with E-state index in [-0.39, 0.29) is 11.7 Å². The summed E-state index contributed by atoms with van der Waals surface area (Å²) in [6, 6.07) is 13.9. The molecule has 0 amide bonds. The zero-order valence-corrected chi connectivity index (χ0v) is 10.7. The third-order valence-electron chi connectivity index (χ3n) is 2.94. The Morgan fingerprint density at radius 3 is 2.42 bits per heavy atom. The van der Waals surface area contributed by atoms with Crippen molar-refractivity contribution in [3.8, 4) is 0 Å². The third kappa shape index (κ3) is 3.10. The van der Waals surface area contributed by atoms with Crippen LogP contribution >= 0.6 is 0 Å². The minimum absolute atomic E-state index is 0.0431. The molecule has 19 heavy (non-hydrogen) atoms. The maximum Gasteiger partial charge on any atom is 0.124 e. The van der Waals surface area contributed by atoms with Gasteiger partial charge in [-0.1, -0.05) is 24.3 Å². The number of halogens is 1. The van der Waals surface area contributed by atoms with Crippen LogP contribution in [0, 0.1) is 11.2 Å². The Bertz CT molecular complexity index is 578. The standard InChI is InChI=1S/C15H16FN3/c1-19(10-11-6-8-12(16)9-7-11)14-5-3-2-4-13(14)15(17)18/h2-9H,10H2,1H3,(H3,17,18). The van der Waals surface area contributed by atoms with Crippen LogP contribution < -0.4 is 10.6 Å². The van der Waals surface area contributed by atoms with Gasteiger partial charge in [-0.3, -0.25) is 5.41 Å². The summed E-state index contributed by atoms with van der Waals surface area (Å²) in [6.45, 7) is 0.630. The van der Waals surface area contributed by atoms with E-state index in [1.807, 2.05) is 36.2 Å². The topological polar surface area (TPSA) is 53.1 Å². The minimum atomic E-state index is -0.240. The van der Waals surface area contributed by atoms with Crippen LogP contribution in [0.15, 0.2) is 48.5 Å². The number of hydrogen-bond acceptors (Lipinski definition) is 2. The van der Waals surface area contributed by atoms with E-state index in [4.69, 9.17) is 11.1 Å². The number of rotatable bonds is 4. The molecule has 3 nitrogen and oxygen atoms in total. The van der Waals surface area contributed by atoms with Crippen molar-refractivity contribution in [2.24, 2.45) is 5.73 Å². The number of anilines is 1. The Morgan fingerprint density at radius 1 is 1.16 bits per heavy atom. The van der Waals surface area contributed by atoms with Gasteiger partial charge < -0.3 is 10.6 Å². The van der Waals surface area contributed by atoms with Gasteiger partial charge in [0.2, 0.25) is 0 Å². The number of nitrogens with one attached hydrogen (secondary N) is 1. The Kier molecular flexibility index (Phi) is 3.80. The molecule has 98 valence electrons.